The number of carbonyl (C=O) groups excluding carboxylic acids is 2. The first-order chi connectivity index (χ1) is 17.6. The Bertz CT molecular complexity index is 1190. The summed E-state index contributed by atoms with van der Waals surface area (Å²) < 4.78 is 33.8. The van der Waals surface area contributed by atoms with Crippen LogP contribution in [0.2, 0.25) is 0 Å². The molecule has 9 heteroatoms. The number of nitrogens with zero attached hydrogens (tertiary/aromatic N) is 1. The molecule has 2 aromatic carbocycles. The van der Waals surface area contributed by atoms with Gasteiger partial charge in [-0.15, -0.1) is 0 Å². The van der Waals surface area contributed by atoms with E-state index in [9.17, 15) is 9.59 Å². The average molecular weight is 494 g/mol. The number of ketones is 1. The van der Waals surface area contributed by atoms with Gasteiger partial charge < -0.3 is 28.4 Å². The maximum absolute atomic E-state index is 13.3. The van der Waals surface area contributed by atoms with Crippen LogP contribution in [0.3, 0.4) is 0 Å². The lowest BCUT2D eigenvalue weighted by Crippen LogP contribution is -2.56. The van der Waals surface area contributed by atoms with Gasteiger partial charge in [-0.2, -0.15) is 0 Å². The second-order valence-electron chi connectivity index (χ2n) is 9.45. The smallest absolute Gasteiger partial charge is 0.337 e. The van der Waals surface area contributed by atoms with Crippen LogP contribution in [0.4, 0.5) is 0 Å². The number of methoxy groups -OCH3 is 1. The largest absolute Gasteiger partial charge is 0.493 e. The standard InChI is InChI=1S/C27H27NO8/c1-31-27(30)17-3-5-18(6-4-17)36-24-13-32-26-19(25(24)29)7-9-21-20(26)12-28(14-33-21)11-16-2-8-22-23(10-16)35-15-34-22/h2-6,8,10,13,19-21,26H,7,9,11-12,14-15H2,1H3. The van der Waals surface area contributed by atoms with Crippen molar-refractivity contribution in [1.29, 1.82) is 0 Å². The quantitative estimate of drug-likeness (QED) is 0.582. The number of esters is 1. The zero-order valence-corrected chi connectivity index (χ0v) is 19.9. The summed E-state index contributed by atoms with van der Waals surface area (Å²) in [4.78, 5) is 27.2. The van der Waals surface area contributed by atoms with E-state index >= 15 is 0 Å². The topological polar surface area (TPSA) is 92.8 Å². The Kier molecular flexibility index (Phi) is 6.02. The second-order valence-corrected chi connectivity index (χ2v) is 9.45. The molecule has 4 atom stereocenters. The van der Waals surface area contributed by atoms with Crippen molar-refractivity contribution in [2.24, 2.45) is 11.8 Å². The molecule has 9 nitrogen and oxygen atoms in total. The lowest BCUT2D eigenvalue weighted by atomic mass is 9.73. The number of hydrogen-bond acceptors (Lipinski definition) is 9. The predicted octanol–water partition coefficient (Wildman–Crippen LogP) is 3.27. The van der Waals surface area contributed by atoms with Crippen LogP contribution in [0, 0.1) is 11.8 Å². The molecule has 4 unspecified atom stereocenters. The minimum Gasteiger partial charge on any atom is -0.493 e. The lowest BCUT2D eigenvalue weighted by molar-refractivity contribution is -0.175. The number of hydrogen-bond donors (Lipinski definition) is 0. The van der Waals surface area contributed by atoms with Crippen molar-refractivity contribution >= 4 is 11.8 Å². The molecule has 188 valence electrons. The number of Topliss-reactive ketones (excluding diaryl/α,β-unsaturated/α-hetero) is 1. The van der Waals surface area contributed by atoms with Crippen LogP contribution in [-0.2, 0) is 25.5 Å². The molecule has 2 aromatic rings. The summed E-state index contributed by atoms with van der Waals surface area (Å²) in [7, 11) is 1.33. The summed E-state index contributed by atoms with van der Waals surface area (Å²) in [5.41, 5.74) is 1.52. The molecule has 0 bridgehead atoms. The SMILES string of the molecule is COC(=O)c1ccc(OC2=COC3C(CCC4OCN(Cc5ccc6c(c5)OCO6)CC43)C2=O)cc1. The Labute approximate surface area is 208 Å². The van der Waals surface area contributed by atoms with Gasteiger partial charge in [0.1, 0.15) is 18.1 Å². The van der Waals surface area contributed by atoms with E-state index in [1.165, 1.54) is 13.4 Å². The molecule has 0 amide bonds. The molecule has 3 heterocycles. The zero-order valence-electron chi connectivity index (χ0n) is 19.9. The second kappa shape index (κ2) is 9.48. The fraction of sp³-hybridized carbons (Fsp3) is 0.407. The van der Waals surface area contributed by atoms with Gasteiger partial charge in [0, 0.05) is 19.0 Å². The molecule has 3 aliphatic heterocycles. The number of carbonyl (C=O) groups is 2. The van der Waals surface area contributed by atoms with Gasteiger partial charge in [0.25, 0.3) is 0 Å². The molecule has 1 saturated heterocycles. The monoisotopic (exact) mass is 493 g/mol. The van der Waals surface area contributed by atoms with Crippen molar-refractivity contribution in [3.05, 3.63) is 65.6 Å². The molecule has 0 spiro atoms. The van der Waals surface area contributed by atoms with Gasteiger partial charge in [0.2, 0.25) is 18.3 Å². The number of rotatable bonds is 5. The minimum atomic E-state index is -0.431. The van der Waals surface area contributed by atoms with E-state index in [2.05, 4.69) is 4.90 Å². The highest BCUT2D eigenvalue weighted by atomic mass is 16.7. The van der Waals surface area contributed by atoms with Gasteiger partial charge in [-0.05, 0) is 54.8 Å². The van der Waals surface area contributed by atoms with E-state index < -0.39 is 5.97 Å². The first-order valence-corrected chi connectivity index (χ1v) is 12.1. The molecule has 1 saturated carbocycles. The fourth-order valence-corrected chi connectivity index (χ4v) is 5.46. The third-order valence-electron chi connectivity index (χ3n) is 7.26. The van der Waals surface area contributed by atoms with Crippen molar-refractivity contribution < 1.29 is 38.0 Å². The highest BCUT2D eigenvalue weighted by Crippen LogP contribution is 2.41. The Hall–Kier alpha value is -3.56. The highest BCUT2D eigenvalue weighted by Gasteiger charge is 2.49. The summed E-state index contributed by atoms with van der Waals surface area (Å²) in [6.45, 7) is 2.26. The lowest BCUT2D eigenvalue weighted by Gasteiger charge is -2.48. The predicted molar refractivity (Wildman–Crippen MR) is 125 cm³/mol. The minimum absolute atomic E-state index is 0.0605. The van der Waals surface area contributed by atoms with Gasteiger partial charge in [0.05, 0.1) is 31.4 Å². The van der Waals surface area contributed by atoms with E-state index in [1.807, 2.05) is 18.2 Å². The van der Waals surface area contributed by atoms with Gasteiger partial charge in [0.15, 0.2) is 11.5 Å². The number of ether oxygens (including phenoxy) is 6. The van der Waals surface area contributed by atoms with Crippen LogP contribution >= 0.6 is 0 Å². The molecule has 6 rings (SSSR count). The van der Waals surface area contributed by atoms with Gasteiger partial charge in [-0.3, -0.25) is 9.69 Å². The third kappa shape index (κ3) is 4.29. The summed E-state index contributed by atoms with van der Waals surface area (Å²) in [5.74, 6) is 1.46. The van der Waals surface area contributed by atoms with E-state index in [4.69, 9.17) is 28.4 Å². The molecule has 0 N–H and O–H groups in total. The summed E-state index contributed by atoms with van der Waals surface area (Å²) in [5, 5.41) is 0. The molecular formula is C27H27NO8. The van der Waals surface area contributed by atoms with Crippen LogP contribution in [0.5, 0.6) is 17.2 Å². The highest BCUT2D eigenvalue weighted by molar-refractivity contribution is 5.96. The van der Waals surface area contributed by atoms with Crippen molar-refractivity contribution in [2.75, 3.05) is 27.2 Å². The van der Waals surface area contributed by atoms with Crippen LogP contribution in [-0.4, -0.2) is 56.0 Å². The van der Waals surface area contributed by atoms with Gasteiger partial charge in [-0.1, -0.05) is 6.07 Å². The molecule has 4 aliphatic rings. The molecule has 2 fully saturated rings. The first kappa shape index (κ1) is 22.9. The molecular weight excluding hydrogens is 466 g/mol. The number of allylic oxidation sites excluding steroid dienone is 1. The van der Waals surface area contributed by atoms with Crippen molar-refractivity contribution in [3.63, 3.8) is 0 Å². The van der Waals surface area contributed by atoms with Crippen LogP contribution < -0.4 is 14.2 Å². The number of benzene rings is 2. The van der Waals surface area contributed by atoms with E-state index in [0.29, 0.717) is 31.0 Å². The maximum Gasteiger partial charge on any atom is 0.337 e. The van der Waals surface area contributed by atoms with E-state index in [1.54, 1.807) is 24.3 Å². The van der Waals surface area contributed by atoms with E-state index in [-0.39, 0.29) is 42.4 Å². The first-order valence-electron chi connectivity index (χ1n) is 12.1. The van der Waals surface area contributed by atoms with Gasteiger partial charge >= 0.3 is 5.97 Å². The van der Waals surface area contributed by atoms with Gasteiger partial charge in [-0.25, -0.2) is 4.79 Å². The summed E-state index contributed by atoms with van der Waals surface area (Å²) in [6.07, 6.45) is 2.73. The normalized spacial score (nSPS) is 26.8. The number of fused-ring (bicyclic) bond motifs is 4. The molecule has 36 heavy (non-hydrogen) atoms. The molecule has 1 aliphatic carbocycles. The summed E-state index contributed by atoms with van der Waals surface area (Å²) in [6, 6.07) is 12.4. The van der Waals surface area contributed by atoms with E-state index in [0.717, 1.165) is 30.0 Å². The van der Waals surface area contributed by atoms with Crippen molar-refractivity contribution in [2.45, 2.75) is 31.6 Å². The Balaban J connectivity index is 1.12. The van der Waals surface area contributed by atoms with Crippen LogP contribution in [0.15, 0.2) is 54.5 Å². The fourth-order valence-electron chi connectivity index (χ4n) is 5.46. The Morgan fingerprint density at radius 1 is 1.08 bits per heavy atom. The maximum atomic E-state index is 13.3. The Morgan fingerprint density at radius 3 is 2.75 bits per heavy atom. The Morgan fingerprint density at radius 2 is 1.92 bits per heavy atom. The van der Waals surface area contributed by atoms with Crippen LogP contribution in [0.25, 0.3) is 0 Å². The van der Waals surface area contributed by atoms with Crippen molar-refractivity contribution in [3.8, 4) is 17.2 Å². The van der Waals surface area contributed by atoms with Crippen molar-refractivity contribution in [1.82, 2.24) is 4.90 Å². The van der Waals surface area contributed by atoms with Crippen LogP contribution in [0.1, 0.15) is 28.8 Å². The molecule has 0 radical (unpaired) electrons. The third-order valence-corrected chi connectivity index (χ3v) is 7.26. The average Bonchev–Trinajstić information content (AvgIpc) is 3.38. The zero-order chi connectivity index (χ0) is 24.6. The summed E-state index contributed by atoms with van der Waals surface area (Å²) >= 11 is 0. The molecule has 0 aromatic heterocycles.